The van der Waals surface area contributed by atoms with E-state index in [0.717, 1.165) is 12.8 Å². The number of methoxy groups -OCH3 is 1. The summed E-state index contributed by atoms with van der Waals surface area (Å²) in [6, 6.07) is 6.97. The van der Waals surface area contributed by atoms with E-state index in [-0.39, 0.29) is 24.2 Å². The van der Waals surface area contributed by atoms with Crippen LogP contribution in [0.15, 0.2) is 24.3 Å². The smallest absolute Gasteiger partial charge is 0.223 e. The van der Waals surface area contributed by atoms with Gasteiger partial charge in [0, 0.05) is 11.5 Å². The SMILES string of the molecule is COc1ccc(C(=O)CNC(=O)[C@@H]2C[C@H](C)CC[C@H]2C(C)C)cc1. The standard InChI is InChI=1S/C20H29NO3/c1-13(2)17-10-5-14(3)11-18(17)20(23)21-12-19(22)15-6-8-16(24-4)9-7-15/h6-9,13-14,17-18H,5,10-12H2,1-4H3,(H,21,23)/t14-,17+,18-/m1/s1. The van der Waals surface area contributed by atoms with Gasteiger partial charge in [0.15, 0.2) is 5.78 Å². The van der Waals surface area contributed by atoms with Crippen LogP contribution in [-0.4, -0.2) is 25.3 Å². The van der Waals surface area contributed by atoms with Gasteiger partial charge in [0.2, 0.25) is 5.91 Å². The van der Waals surface area contributed by atoms with Crippen molar-refractivity contribution in [3.63, 3.8) is 0 Å². The number of benzene rings is 1. The zero-order valence-corrected chi connectivity index (χ0v) is 15.2. The van der Waals surface area contributed by atoms with Crippen molar-refractivity contribution in [1.82, 2.24) is 5.32 Å². The molecule has 1 N–H and O–H groups in total. The number of hydrogen-bond acceptors (Lipinski definition) is 3. The lowest BCUT2D eigenvalue weighted by Crippen LogP contribution is -2.41. The van der Waals surface area contributed by atoms with Crippen LogP contribution in [-0.2, 0) is 4.79 Å². The van der Waals surface area contributed by atoms with Crippen LogP contribution in [0.2, 0.25) is 0 Å². The molecule has 0 radical (unpaired) electrons. The summed E-state index contributed by atoms with van der Waals surface area (Å²) in [6.07, 6.45) is 3.21. The number of ether oxygens (including phenoxy) is 1. The van der Waals surface area contributed by atoms with E-state index in [2.05, 4.69) is 26.1 Å². The lowest BCUT2D eigenvalue weighted by atomic mass is 9.70. The van der Waals surface area contributed by atoms with E-state index in [1.807, 2.05) is 0 Å². The van der Waals surface area contributed by atoms with Crippen LogP contribution in [0.3, 0.4) is 0 Å². The van der Waals surface area contributed by atoms with Crippen molar-refractivity contribution >= 4 is 11.7 Å². The maximum absolute atomic E-state index is 12.6. The predicted octanol–water partition coefficient (Wildman–Crippen LogP) is 3.70. The van der Waals surface area contributed by atoms with Crippen molar-refractivity contribution in [2.75, 3.05) is 13.7 Å². The summed E-state index contributed by atoms with van der Waals surface area (Å²) >= 11 is 0. The zero-order valence-electron chi connectivity index (χ0n) is 15.2. The van der Waals surface area contributed by atoms with Gasteiger partial charge in [0.25, 0.3) is 0 Å². The number of amides is 1. The molecule has 0 aliphatic heterocycles. The highest BCUT2D eigenvalue weighted by molar-refractivity contribution is 5.99. The number of Topliss-reactive ketones (excluding diaryl/α,β-unsaturated/α-hetero) is 1. The molecule has 0 heterocycles. The van der Waals surface area contributed by atoms with E-state index in [1.54, 1.807) is 31.4 Å². The summed E-state index contributed by atoms with van der Waals surface area (Å²) < 4.78 is 5.09. The van der Waals surface area contributed by atoms with Crippen LogP contribution in [0.4, 0.5) is 0 Å². The Morgan fingerprint density at radius 1 is 1.21 bits per heavy atom. The van der Waals surface area contributed by atoms with Gasteiger partial charge in [-0.15, -0.1) is 0 Å². The van der Waals surface area contributed by atoms with Gasteiger partial charge in [-0.2, -0.15) is 0 Å². The molecule has 3 atom stereocenters. The third-order valence-corrected chi connectivity index (χ3v) is 5.19. The molecule has 0 saturated heterocycles. The molecular formula is C20H29NO3. The van der Waals surface area contributed by atoms with Gasteiger partial charge < -0.3 is 10.1 Å². The average molecular weight is 331 g/mol. The van der Waals surface area contributed by atoms with Gasteiger partial charge in [0.05, 0.1) is 13.7 Å². The van der Waals surface area contributed by atoms with E-state index in [0.29, 0.717) is 29.1 Å². The number of nitrogens with one attached hydrogen (secondary N) is 1. The van der Waals surface area contributed by atoms with E-state index in [9.17, 15) is 9.59 Å². The van der Waals surface area contributed by atoms with Crippen molar-refractivity contribution < 1.29 is 14.3 Å². The molecule has 0 spiro atoms. The molecule has 132 valence electrons. The Morgan fingerprint density at radius 3 is 2.46 bits per heavy atom. The number of rotatable bonds is 6. The minimum absolute atomic E-state index is 0.0254. The van der Waals surface area contributed by atoms with Crippen LogP contribution in [0.25, 0.3) is 0 Å². The second-order valence-corrected chi connectivity index (χ2v) is 7.30. The molecule has 0 unspecified atom stereocenters. The Labute approximate surface area is 145 Å². The van der Waals surface area contributed by atoms with Crippen LogP contribution >= 0.6 is 0 Å². The summed E-state index contributed by atoms with van der Waals surface area (Å²) in [5.74, 6) is 2.18. The highest BCUT2D eigenvalue weighted by Crippen LogP contribution is 2.38. The molecule has 1 aliphatic rings. The number of hydrogen-bond donors (Lipinski definition) is 1. The van der Waals surface area contributed by atoms with E-state index in [1.165, 1.54) is 6.42 Å². The molecular weight excluding hydrogens is 302 g/mol. The Bertz CT molecular complexity index is 565. The molecule has 1 aromatic carbocycles. The van der Waals surface area contributed by atoms with Gasteiger partial charge in [-0.05, 0) is 54.9 Å². The second-order valence-electron chi connectivity index (χ2n) is 7.30. The largest absolute Gasteiger partial charge is 0.497 e. The van der Waals surface area contributed by atoms with Crippen molar-refractivity contribution in [3.8, 4) is 5.75 Å². The average Bonchev–Trinajstić information content (AvgIpc) is 2.59. The van der Waals surface area contributed by atoms with Crippen molar-refractivity contribution in [2.45, 2.75) is 40.0 Å². The van der Waals surface area contributed by atoms with Crippen molar-refractivity contribution in [2.24, 2.45) is 23.7 Å². The first-order chi connectivity index (χ1) is 11.4. The number of carbonyl (C=O) groups excluding carboxylic acids is 2. The van der Waals surface area contributed by atoms with Gasteiger partial charge in [-0.3, -0.25) is 9.59 Å². The molecule has 1 fully saturated rings. The second kappa shape index (κ2) is 8.32. The van der Waals surface area contributed by atoms with Gasteiger partial charge in [0.1, 0.15) is 5.75 Å². The summed E-state index contributed by atoms with van der Waals surface area (Å²) in [4.78, 5) is 24.9. The molecule has 1 aromatic rings. The van der Waals surface area contributed by atoms with E-state index in [4.69, 9.17) is 4.74 Å². The maximum Gasteiger partial charge on any atom is 0.223 e. The van der Waals surface area contributed by atoms with E-state index < -0.39 is 0 Å². The minimum Gasteiger partial charge on any atom is -0.497 e. The zero-order chi connectivity index (χ0) is 17.7. The van der Waals surface area contributed by atoms with Crippen LogP contribution in [0, 0.1) is 23.7 Å². The topological polar surface area (TPSA) is 55.4 Å². The molecule has 4 heteroatoms. The lowest BCUT2D eigenvalue weighted by Gasteiger charge is -2.36. The molecule has 1 saturated carbocycles. The third-order valence-electron chi connectivity index (χ3n) is 5.19. The van der Waals surface area contributed by atoms with Gasteiger partial charge in [-0.1, -0.05) is 27.2 Å². The quantitative estimate of drug-likeness (QED) is 0.809. The molecule has 0 bridgehead atoms. The van der Waals surface area contributed by atoms with Crippen LogP contribution in [0.5, 0.6) is 5.75 Å². The Morgan fingerprint density at radius 2 is 1.88 bits per heavy atom. The summed E-state index contributed by atoms with van der Waals surface area (Å²) in [5.41, 5.74) is 0.591. The van der Waals surface area contributed by atoms with Crippen LogP contribution in [0.1, 0.15) is 50.4 Å². The number of ketones is 1. The first kappa shape index (κ1) is 18.5. The fourth-order valence-electron chi connectivity index (χ4n) is 3.68. The molecule has 1 amide bonds. The van der Waals surface area contributed by atoms with Crippen LogP contribution < -0.4 is 10.1 Å². The Kier molecular flexibility index (Phi) is 6.41. The fourth-order valence-corrected chi connectivity index (χ4v) is 3.68. The predicted molar refractivity (Wildman–Crippen MR) is 95.2 cm³/mol. The fraction of sp³-hybridized carbons (Fsp3) is 0.600. The lowest BCUT2D eigenvalue weighted by molar-refractivity contribution is -0.129. The van der Waals surface area contributed by atoms with E-state index >= 15 is 0 Å². The van der Waals surface area contributed by atoms with Gasteiger partial charge >= 0.3 is 0 Å². The maximum atomic E-state index is 12.6. The molecule has 2 rings (SSSR count). The van der Waals surface area contributed by atoms with Gasteiger partial charge in [-0.25, -0.2) is 0 Å². The minimum atomic E-state index is -0.0732. The highest BCUT2D eigenvalue weighted by atomic mass is 16.5. The van der Waals surface area contributed by atoms with Crippen molar-refractivity contribution in [1.29, 1.82) is 0 Å². The highest BCUT2D eigenvalue weighted by Gasteiger charge is 2.35. The summed E-state index contributed by atoms with van der Waals surface area (Å²) in [6.45, 7) is 6.63. The first-order valence-electron chi connectivity index (χ1n) is 8.87. The monoisotopic (exact) mass is 331 g/mol. The Balaban J connectivity index is 1.93. The molecule has 24 heavy (non-hydrogen) atoms. The molecule has 4 nitrogen and oxygen atoms in total. The molecule has 0 aromatic heterocycles. The first-order valence-corrected chi connectivity index (χ1v) is 8.87. The Hall–Kier alpha value is -1.84. The molecule has 1 aliphatic carbocycles. The number of carbonyl (C=O) groups is 2. The summed E-state index contributed by atoms with van der Waals surface area (Å²) in [7, 11) is 1.59. The third kappa shape index (κ3) is 4.59. The normalized spacial score (nSPS) is 23.8. The summed E-state index contributed by atoms with van der Waals surface area (Å²) in [5, 5.41) is 2.86. The van der Waals surface area contributed by atoms with Crippen molar-refractivity contribution in [3.05, 3.63) is 29.8 Å².